The summed E-state index contributed by atoms with van der Waals surface area (Å²) in [6, 6.07) is 4.88. The van der Waals surface area contributed by atoms with E-state index in [4.69, 9.17) is 0 Å². The van der Waals surface area contributed by atoms with Crippen molar-refractivity contribution in [3.05, 3.63) is 29.3 Å². The highest BCUT2D eigenvalue weighted by atomic mass is 35.5. The van der Waals surface area contributed by atoms with Gasteiger partial charge in [-0.05, 0) is 18.9 Å². The van der Waals surface area contributed by atoms with Gasteiger partial charge in [0.1, 0.15) is 5.75 Å². The van der Waals surface area contributed by atoms with Gasteiger partial charge >= 0.3 is 6.18 Å². The lowest BCUT2D eigenvalue weighted by molar-refractivity contribution is -0.138. The highest BCUT2D eigenvalue weighted by molar-refractivity contribution is 5.85. The van der Waals surface area contributed by atoms with Gasteiger partial charge in [-0.1, -0.05) is 18.2 Å². The molecule has 2 N–H and O–H groups in total. The normalized spacial score (nSPS) is 17.8. The number of phenols is 1. The van der Waals surface area contributed by atoms with Gasteiger partial charge in [0.05, 0.1) is 0 Å². The molecule has 1 aromatic carbocycles. The lowest BCUT2D eigenvalue weighted by Crippen LogP contribution is -2.45. The smallest absolute Gasteiger partial charge is 0.389 e. The van der Waals surface area contributed by atoms with Crippen LogP contribution < -0.4 is 5.32 Å². The van der Waals surface area contributed by atoms with Crippen LogP contribution in [0.25, 0.3) is 0 Å². The maximum Gasteiger partial charge on any atom is 0.389 e. The first-order valence-electron chi connectivity index (χ1n) is 7.18. The summed E-state index contributed by atoms with van der Waals surface area (Å²) in [5, 5.41) is 13.4. The number of aryl methyl sites for hydroxylation is 1. The fourth-order valence-corrected chi connectivity index (χ4v) is 2.78. The van der Waals surface area contributed by atoms with Crippen LogP contribution in [-0.2, 0) is 0 Å². The van der Waals surface area contributed by atoms with Gasteiger partial charge in [-0.2, -0.15) is 13.2 Å². The lowest BCUT2D eigenvalue weighted by atomic mass is 9.96. The van der Waals surface area contributed by atoms with Crippen LogP contribution >= 0.6 is 12.4 Å². The van der Waals surface area contributed by atoms with Crippen LogP contribution in [0.1, 0.15) is 30.0 Å². The third-order valence-corrected chi connectivity index (χ3v) is 3.92. The van der Waals surface area contributed by atoms with Gasteiger partial charge < -0.3 is 10.4 Å². The van der Waals surface area contributed by atoms with Crippen molar-refractivity contribution in [3.8, 4) is 5.75 Å². The molecule has 0 aliphatic carbocycles. The first kappa shape index (κ1) is 19.1. The van der Waals surface area contributed by atoms with Crippen LogP contribution in [-0.4, -0.2) is 42.4 Å². The molecule has 1 fully saturated rings. The van der Waals surface area contributed by atoms with E-state index in [1.54, 1.807) is 25.1 Å². The van der Waals surface area contributed by atoms with E-state index in [1.165, 1.54) is 0 Å². The van der Waals surface area contributed by atoms with Crippen molar-refractivity contribution >= 4 is 12.4 Å². The zero-order valence-electron chi connectivity index (χ0n) is 12.5. The number of rotatable bonds is 4. The molecule has 1 aliphatic heterocycles. The number of para-hydroxylation sites is 1. The van der Waals surface area contributed by atoms with Gasteiger partial charge in [0, 0.05) is 44.2 Å². The van der Waals surface area contributed by atoms with Gasteiger partial charge in [-0.15, -0.1) is 12.4 Å². The number of alkyl halides is 3. The molecule has 0 aromatic heterocycles. The fraction of sp³-hybridized carbons (Fsp3) is 0.600. The molecule has 1 atom stereocenters. The van der Waals surface area contributed by atoms with E-state index in [0.29, 0.717) is 24.2 Å². The summed E-state index contributed by atoms with van der Waals surface area (Å²) in [6.07, 6.45) is -5.04. The molecule has 1 heterocycles. The monoisotopic (exact) mass is 338 g/mol. The summed E-state index contributed by atoms with van der Waals surface area (Å²) in [5.41, 5.74) is 1.29. The van der Waals surface area contributed by atoms with E-state index >= 15 is 0 Å². The van der Waals surface area contributed by atoms with Crippen LogP contribution in [0.15, 0.2) is 18.2 Å². The predicted molar refractivity (Wildman–Crippen MR) is 82.6 cm³/mol. The zero-order chi connectivity index (χ0) is 15.5. The Morgan fingerprint density at radius 2 is 1.91 bits per heavy atom. The number of halogens is 4. The van der Waals surface area contributed by atoms with Crippen molar-refractivity contribution in [2.45, 2.75) is 32.0 Å². The molecule has 3 nitrogen and oxygen atoms in total. The molecule has 1 aromatic rings. The average Bonchev–Trinajstić information content (AvgIpc) is 2.43. The van der Waals surface area contributed by atoms with Crippen molar-refractivity contribution in [1.29, 1.82) is 0 Å². The molecule has 0 bridgehead atoms. The average molecular weight is 339 g/mol. The molecule has 1 aliphatic rings. The summed E-state index contributed by atoms with van der Waals surface area (Å²) in [7, 11) is 0. The molecule has 2 rings (SSSR count). The van der Waals surface area contributed by atoms with E-state index in [9.17, 15) is 18.3 Å². The molecule has 0 radical (unpaired) electrons. The second-order valence-electron chi connectivity index (χ2n) is 5.47. The van der Waals surface area contributed by atoms with E-state index in [1.807, 2.05) is 4.90 Å². The molecular formula is C15H22ClF3N2O. The van der Waals surface area contributed by atoms with E-state index < -0.39 is 18.6 Å². The molecule has 0 spiro atoms. The highest BCUT2D eigenvalue weighted by Crippen LogP contribution is 2.36. The first-order valence-corrected chi connectivity index (χ1v) is 7.18. The van der Waals surface area contributed by atoms with Gasteiger partial charge in [-0.25, -0.2) is 0 Å². The Morgan fingerprint density at radius 3 is 2.50 bits per heavy atom. The maximum atomic E-state index is 12.6. The Hall–Kier alpha value is -0.980. The van der Waals surface area contributed by atoms with Crippen molar-refractivity contribution in [3.63, 3.8) is 0 Å². The van der Waals surface area contributed by atoms with Crippen LogP contribution in [0.3, 0.4) is 0 Å². The van der Waals surface area contributed by atoms with E-state index in [0.717, 1.165) is 13.1 Å². The number of aromatic hydroxyl groups is 1. The van der Waals surface area contributed by atoms with E-state index in [2.05, 4.69) is 5.32 Å². The molecule has 7 heteroatoms. The Balaban J connectivity index is 0.00000242. The maximum absolute atomic E-state index is 12.6. The Kier molecular flexibility index (Phi) is 6.97. The van der Waals surface area contributed by atoms with Crippen molar-refractivity contribution in [2.24, 2.45) is 0 Å². The minimum absolute atomic E-state index is 0. The number of hydrogen-bond donors (Lipinski definition) is 2. The number of piperazine rings is 1. The molecule has 126 valence electrons. The molecule has 0 amide bonds. The molecule has 1 saturated heterocycles. The van der Waals surface area contributed by atoms with Crippen molar-refractivity contribution in [1.82, 2.24) is 10.2 Å². The Labute approximate surface area is 134 Å². The molecular weight excluding hydrogens is 317 g/mol. The second kappa shape index (κ2) is 8.04. The van der Waals surface area contributed by atoms with Gasteiger partial charge in [-0.3, -0.25) is 4.90 Å². The van der Waals surface area contributed by atoms with Gasteiger partial charge in [0.2, 0.25) is 0 Å². The quantitative estimate of drug-likeness (QED) is 0.883. The lowest BCUT2D eigenvalue weighted by Gasteiger charge is -2.36. The summed E-state index contributed by atoms with van der Waals surface area (Å²) in [5.74, 6) is 0.114. The van der Waals surface area contributed by atoms with Crippen molar-refractivity contribution < 1.29 is 18.3 Å². The Morgan fingerprint density at radius 1 is 1.27 bits per heavy atom. The molecule has 0 saturated carbocycles. The molecule has 22 heavy (non-hydrogen) atoms. The number of phenolic OH excluding ortho intramolecular Hbond substituents is 1. The number of nitrogens with zero attached hydrogens (tertiary/aromatic N) is 1. The number of benzene rings is 1. The number of nitrogens with one attached hydrogen (secondary N) is 1. The highest BCUT2D eigenvalue weighted by Gasteiger charge is 2.32. The molecule has 0 unspecified atom stereocenters. The summed E-state index contributed by atoms with van der Waals surface area (Å²) < 4.78 is 37.8. The standard InChI is InChI=1S/C15H21F3N2O.ClH/c1-11-3-2-4-12(14(11)21)13(5-6-15(16,17)18)20-9-7-19-8-10-20;/h2-4,13,19,21H,5-10H2,1H3;1H/t13-;/m0./s1. The minimum Gasteiger partial charge on any atom is -0.507 e. The third kappa shape index (κ3) is 5.04. The van der Waals surface area contributed by atoms with Crippen LogP contribution in [0.5, 0.6) is 5.75 Å². The first-order chi connectivity index (χ1) is 9.88. The van der Waals surface area contributed by atoms with Gasteiger partial charge in [0.15, 0.2) is 0 Å². The predicted octanol–water partition coefficient (Wildman–Crippen LogP) is 3.41. The minimum atomic E-state index is -4.17. The van der Waals surface area contributed by atoms with Crippen LogP contribution in [0.2, 0.25) is 0 Å². The van der Waals surface area contributed by atoms with Crippen molar-refractivity contribution in [2.75, 3.05) is 26.2 Å². The van der Waals surface area contributed by atoms with Crippen LogP contribution in [0.4, 0.5) is 13.2 Å². The number of hydrogen-bond acceptors (Lipinski definition) is 3. The Bertz CT molecular complexity index is 476. The van der Waals surface area contributed by atoms with E-state index in [-0.39, 0.29) is 24.6 Å². The SMILES string of the molecule is Cc1cccc([C@H](CCC(F)(F)F)N2CCNCC2)c1O.Cl. The summed E-state index contributed by atoms with van der Waals surface area (Å²) >= 11 is 0. The zero-order valence-corrected chi connectivity index (χ0v) is 13.3. The van der Waals surface area contributed by atoms with Crippen LogP contribution in [0, 0.1) is 6.92 Å². The third-order valence-electron chi connectivity index (χ3n) is 3.92. The largest absolute Gasteiger partial charge is 0.507 e. The fourth-order valence-electron chi connectivity index (χ4n) is 2.78. The summed E-state index contributed by atoms with van der Waals surface area (Å²) in [4.78, 5) is 2.02. The van der Waals surface area contributed by atoms with Gasteiger partial charge in [0.25, 0.3) is 0 Å². The topological polar surface area (TPSA) is 35.5 Å². The summed E-state index contributed by atoms with van der Waals surface area (Å²) in [6.45, 7) is 4.66. The second-order valence-corrected chi connectivity index (χ2v) is 5.47.